The number of anilines is 1. The van der Waals surface area contributed by atoms with Crippen molar-refractivity contribution in [1.29, 1.82) is 0 Å². The second-order valence-electron chi connectivity index (χ2n) is 6.39. The summed E-state index contributed by atoms with van der Waals surface area (Å²) in [4.78, 5) is 25.0. The highest BCUT2D eigenvalue weighted by molar-refractivity contribution is 7.30. The molecule has 0 heterocycles. The number of benzene rings is 2. The van der Waals surface area contributed by atoms with Crippen molar-refractivity contribution in [1.82, 2.24) is 0 Å². The molecule has 0 unspecified atom stereocenters. The van der Waals surface area contributed by atoms with Crippen molar-refractivity contribution >= 4 is 54.4 Å². The first-order valence-electron chi connectivity index (χ1n) is 7.61. The van der Waals surface area contributed by atoms with E-state index in [2.05, 4.69) is 5.32 Å². The van der Waals surface area contributed by atoms with Gasteiger partial charge in [0.15, 0.2) is 5.75 Å². The lowest BCUT2D eigenvalue weighted by Gasteiger charge is -2.22. The number of ether oxygens (including phenoxy) is 1. The summed E-state index contributed by atoms with van der Waals surface area (Å²) in [6.07, 6.45) is 0. The van der Waals surface area contributed by atoms with E-state index in [0.29, 0.717) is 16.5 Å². The van der Waals surface area contributed by atoms with Gasteiger partial charge in [0.05, 0.1) is 15.0 Å². The molecule has 0 atom stereocenters. The van der Waals surface area contributed by atoms with Gasteiger partial charge in [0.2, 0.25) is 0 Å². The van der Waals surface area contributed by atoms with E-state index in [-0.39, 0.29) is 27.0 Å². The molecule has 3 N–H and O–H groups in total. The average Bonchev–Trinajstić information content (AvgIpc) is 2.48. The van der Waals surface area contributed by atoms with Gasteiger partial charge < -0.3 is 19.8 Å². The Morgan fingerprint density at radius 1 is 1.11 bits per heavy atom. The lowest BCUT2D eigenvalue weighted by Crippen LogP contribution is -2.26. The van der Waals surface area contributed by atoms with Crippen LogP contribution in [0.15, 0.2) is 30.3 Å². The summed E-state index contributed by atoms with van der Waals surface area (Å²) in [5.74, 6) is 0.594. The van der Waals surface area contributed by atoms with Crippen LogP contribution >= 0.6 is 43.1 Å². The van der Waals surface area contributed by atoms with Gasteiger partial charge in [0, 0.05) is 22.7 Å². The SMILES string of the molecule is CC(C)(C)Nc1cc(Oc2c(Cl)cc(Cl)cc2Cl)ccc1[N+](=O)[O-].O=[PH](O)O. The first-order valence-corrected chi connectivity index (χ1v) is 10.0. The number of rotatable bonds is 4. The minimum Gasteiger partial charge on any atom is -0.454 e. The number of hydrogen-bond donors (Lipinski definition) is 3. The molecule has 12 heteroatoms. The molecule has 0 radical (unpaired) electrons. The van der Waals surface area contributed by atoms with Crippen molar-refractivity contribution in [3.63, 3.8) is 0 Å². The molecule has 0 aliphatic carbocycles. The number of hydrogen-bond acceptors (Lipinski definition) is 5. The van der Waals surface area contributed by atoms with Gasteiger partial charge in [-0.1, -0.05) is 34.8 Å². The Labute approximate surface area is 177 Å². The fourth-order valence-electron chi connectivity index (χ4n) is 1.99. The van der Waals surface area contributed by atoms with Crippen LogP contribution in [0.3, 0.4) is 0 Å². The van der Waals surface area contributed by atoms with Crippen LogP contribution < -0.4 is 10.1 Å². The molecular weight excluding hydrogens is 454 g/mol. The molecule has 0 bridgehead atoms. The number of nitrogens with one attached hydrogen (secondary N) is 1. The molecule has 0 fully saturated rings. The number of nitro groups is 1. The maximum absolute atomic E-state index is 11.2. The third-order valence-corrected chi connectivity index (χ3v) is 3.64. The van der Waals surface area contributed by atoms with Gasteiger partial charge in [0.1, 0.15) is 11.4 Å². The summed E-state index contributed by atoms with van der Waals surface area (Å²) in [5.41, 5.74) is -0.0735. The van der Waals surface area contributed by atoms with Gasteiger partial charge >= 0.3 is 8.25 Å². The van der Waals surface area contributed by atoms with Crippen molar-refractivity contribution in [2.45, 2.75) is 26.3 Å². The fraction of sp³-hybridized carbons (Fsp3) is 0.250. The van der Waals surface area contributed by atoms with Crippen LogP contribution in [0.4, 0.5) is 11.4 Å². The highest BCUT2D eigenvalue weighted by atomic mass is 35.5. The van der Waals surface area contributed by atoms with Crippen LogP contribution in [0.1, 0.15) is 20.8 Å². The number of nitro benzene ring substituents is 1. The molecule has 0 aliphatic rings. The normalized spacial score (nSPS) is 10.9. The minimum atomic E-state index is -3.13. The third kappa shape index (κ3) is 8.22. The van der Waals surface area contributed by atoms with Gasteiger partial charge in [-0.05, 0) is 39.0 Å². The summed E-state index contributed by atoms with van der Waals surface area (Å²) in [7, 11) is -3.13. The maximum atomic E-state index is 11.2. The smallest absolute Gasteiger partial charge is 0.314 e. The molecule has 2 rings (SSSR count). The first-order chi connectivity index (χ1) is 12.8. The molecule has 0 saturated carbocycles. The van der Waals surface area contributed by atoms with Crippen LogP contribution in [-0.2, 0) is 4.57 Å². The lowest BCUT2D eigenvalue weighted by molar-refractivity contribution is -0.384. The first kappa shape index (κ1) is 24.5. The van der Waals surface area contributed by atoms with Gasteiger partial charge in [-0.15, -0.1) is 0 Å². The Hall–Kier alpha value is -1.54. The third-order valence-electron chi connectivity index (χ3n) is 2.86. The van der Waals surface area contributed by atoms with Crippen LogP contribution in [-0.4, -0.2) is 20.2 Å². The molecule has 2 aromatic rings. The van der Waals surface area contributed by atoms with E-state index in [1.54, 1.807) is 0 Å². The van der Waals surface area contributed by atoms with Crippen molar-refractivity contribution in [3.8, 4) is 11.5 Å². The largest absolute Gasteiger partial charge is 0.454 e. The summed E-state index contributed by atoms with van der Waals surface area (Å²) in [6.45, 7) is 5.70. The van der Waals surface area contributed by atoms with E-state index in [4.69, 9.17) is 53.9 Å². The molecule has 28 heavy (non-hydrogen) atoms. The topological polar surface area (TPSA) is 122 Å². The Bertz CT molecular complexity index is 862. The monoisotopic (exact) mass is 470 g/mol. The molecule has 154 valence electrons. The summed E-state index contributed by atoms with van der Waals surface area (Å²) in [6, 6.07) is 7.38. The van der Waals surface area contributed by atoms with Crippen molar-refractivity contribution < 1.29 is 24.0 Å². The summed E-state index contributed by atoms with van der Waals surface area (Å²) < 4.78 is 14.4. The van der Waals surface area contributed by atoms with E-state index < -0.39 is 13.2 Å². The molecular formula is C16H18Cl3N2O6P. The summed E-state index contributed by atoms with van der Waals surface area (Å²) >= 11 is 18.1. The average molecular weight is 472 g/mol. The molecule has 0 aliphatic heterocycles. The van der Waals surface area contributed by atoms with E-state index >= 15 is 0 Å². The van der Waals surface area contributed by atoms with Crippen LogP contribution in [0.5, 0.6) is 11.5 Å². The molecule has 0 aromatic heterocycles. The van der Waals surface area contributed by atoms with Crippen molar-refractivity contribution in [2.75, 3.05) is 5.32 Å². The van der Waals surface area contributed by atoms with E-state index in [1.807, 2.05) is 20.8 Å². The predicted molar refractivity (Wildman–Crippen MR) is 111 cm³/mol. The van der Waals surface area contributed by atoms with Gasteiger partial charge in [0.25, 0.3) is 5.69 Å². The van der Waals surface area contributed by atoms with E-state index in [0.717, 1.165) is 0 Å². The molecule has 8 nitrogen and oxygen atoms in total. The maximum Gasteiger partial charge on any atom is 0.314 e. The summed E-state index contributed by atoms with van der Waals surface area (Å²) in [5, 5.41) is 15.2. The van der Waals surface area contributed by atoms with Crippen LogP contribution in [0.25, 0.3) is 0 Å². The number of halogens is 3. The lowest BCUT2D eigenvalue weighted by atomic mass is 10.1. The van der Waals surface area contributed by atoms with E-state index in [9.17, 15) is 10.1 Å². The van der Waals surface area contributed by atoms with E-state index in [1.165, 1.54) is 30.3 Å². The second kappa shape index (κ2) is 10.3. The van der Waals surface area contributed by atoms with Gasteiger partial charge in [-0.2, -0.15) is 0 Å². The fourth-order valence-corrected chi connectivity index (χ4v) is 2.88. The van der Waals surface area contributed by atoms with Gasteiger partial charge in [-0.3, -0.25) is 14.7 Å². The van der Waals surface area contributed by atoms with Crippen molar-refractivity contribution in [3.05, 3.63) is 55.5 Å². The standard InChI is InChI=1S/C16H15Cl3N2O3.H3O3P/c1-16(2,3)20-13-8-10(4-5-14(13)21(22)23)24-15-11(18)6-9(17)7-12(15)19;1-4(2)3/h4-8,20H,1-3H3;4H,(H2,1,2,3). The predicted octanol–water partition coefficient (Wildman–Crippen LogP) is 5.92. The second-order valence-corrected chi connectivity index (χ2v) is 8.21. The Morgan fingerprint density at radius 2 is 1.61 bits per heavy atom. The minimum absolute atomic E-state index is 0.0504. The molecule has 0 saturated heterocycles. The van der Waals surface area contributed by atoms with Crippen LogP contribution in [0, 0.1) is 10.1 Å². The zero-order valence-corrected chi connectivity index (χ0v) is 18.3. The van der Waals surface area contributed by atoms with Gasteiger partial charge in [-0.25, -0.2) is 0 Å². The zero-order valence-electron chi connectivity index (χ0n) is 15.0. The quantitative estimate of drug-likeness (QED) is 0.287. The molecule has 0 amide bonds. The molecule has 2 aromatic carbocycles. The Kier molecular flexibility index (Phi) is 9.01. The zero-order chi connectivity index (χ0) is 21.6. The molecule has 0 spiro atoms. The number of nitrogens with zero attached hydrogens (tertiary/aromatic N) is 1. The highest BCUT2D eigenvalue weighted by Crippen LogP contribution is 2.40. The highest BCUT2D eigenvalue weighted by Gasteiger charge is 2.20. The Morgan fingerprint density at radius 3 is 2.04 bits per heavy atom. The van der Waals surface area contributed by atoms with Crippen molar-refractivity contribution in [2.24, 2.45) is 0 Å². The van der Waals surface area contributed by atoms with Crippen LogP contribution in [0.2, 0.25) is 15.1 Å². The Balaban J connectivity index is 0.000000892.